The molecule has 0 radical (unpaired) electrons. The van der Waals surface area contributed by atoms with E-state index < -0.39 is 0 Å². The number of aromatic nitrogens is 4. The van der Waals surface area contributed by atoms with Gasteiger partial charge in [-0.05, 0) is 51.0 Å². The Balaban J connectivity index is 1.41. The van der Waals surface area contributed by atoms with Gasteiger partial charge >= 0.3 is 0 Å². The topological polar surface area (TPSA) is 87.2 Å². The summed E-state index contributed by atoms with van der Waals surface area (Å²) in [4.78, 5) is 26.6. The summed E-state index contributed by atoms with van der Waals surface area (Å²) in [6, 6.07) is 1.93. The van der Waals surface area contributed by atoms with Crippen LogP contribution < -0.4 is 4.90 Å². The first-order valence-electron chi connectivity index (χ1n) is 10.8. The lowest BCUT2D eigenvalue weighted by atomic mass is 10.0. The molecular formula is C21H28N6O2. The fourth-order valence-electron chi connectivity index (χ4n) is 4.77. The van der Waals surface area contributed by atoms with Crippen LogP contribution in [0.1, 0.15) is 56.7 Å². The van der Waals surface area contributed by atoms with Gasteiger partial charge in [0.25, 0.3) is 5.91 Å². The summed E-state index contributed by atoms with van der Waals surface area (Å²) in [6.45, 7) is 3.47. The normalized spacial score (nSPS) is 25.0. The molecule has 2 aromatic heterocycles. The van der Waals surface area contributed by atoms with E-state index in [-0.39, 0.29) is 18.1 Å². The van der Waals surface area contributed by atoms with Gasteiger partial charge in [0.1, 0.15) is 6.10 Å². The summed E-state index contributed by atoms with van der Waals surface area (Å²) in [5.41, 5.74) is 2.79. The predicted molar refractivity (Wildman–Crippen MR) is 108 cm³/mol. The summed E-state index contributed by atoms with van der Waals surface area (Å²) < 4.78 is 5.76. The van der Waals surface area contributed by atoms with Crippen molar-refractivity contribution in [2.75, 3.05) is 31.1 Å². The van der Waals surface area contributed by atoms with Gasteiger partial charge in [-0.15, -0.1) is 0 Å². The highest BCUT2D eigenvalue weighted by atomic mass is 16.5. The van der Waals surface area contributed by atoms with E-state index in [1.807, 2.05) is 23.4 Å². The monoisotopic (exact) mass is 396 g/mol. The fraction of sp³-hybridized carbons (Fsp3) is 0.619. The highest BCUT2D eigenvalue weighted by molar-refractivity contribution is 5.82. The summed E-state index contributed by atoms with van der Waals surface area (Å²) in [6.07, 6.45) is 10.6. The quantitative estimate of drug-likeness (QED) is 0.855. The van der Waals surface area contributed by atoms with E-state index in [9.17, 15) is 4.79 Å². The van der Waals surface area contributed by atoms with E-state index in [0.717, 1.165) is 74.6 Å². The van der Waals surface area contributed by atoms with Crippen molar-refractivity contribution in [3.05, 3.63) is 24.2 Å². The highest BCUT2D eigenvalue weighted by Gasteiger charge is 2.37. The van der Waals surface area contributed by atoms with Gasteiger partial charge in [0, 0.05) is 38.0 Å². The van der Waals surface area contributed by atoms with Crippen LogP contribution in [0.5, 0.6) is 0 Å². The van der Waals surface area contributed by atoms with E-state index in [1.165, 1.54) is 12.8 Å². The minimum atomic E-state index is -0.295. The van der Waals surface area contributed by atoms with Crippen molar-refractivity contribution in [2.45, 2.75) is 57.1 Å². The maximum Gasteiger partial charge on any atom is 0.252 e. The number of anilines is 1. The molecule has 0 aromatic carbocycles. The van der Waals surface area contributed by atoms with Gasteiger partial charge in [-0.2, -0.15) is 5.10 Å². The smallest absolute Gasteiger partial charge is 0.252 e. The number of hydrogen-bond donors (Lipinski definition) is 1. The SMILES string of the molecule is O=C([C@@H]1CCCCO1)N1CCC[C@H]1c1[nH]ncc1-c1ccnc(N2CCCC2)n1. The third-order valence-corrected chi connectivity index (χ3v) is 6.30. The van der Waals surface area contributed by atoms with Gasteiger partial charge in [0.15, 0.2) is 0 Å². The third kappa shape index (κ3) is 3.61. The number of H-pyrrole nitrogens is 1. The zero-order chi connectivity index (χ0) is 19.6. The molecule has 2 aromatic rings. The van der Waals surface area contributed by atoms with E-state index in [4.69, 9.17) is 9.72 Å². The molecule has 3 fully saturated rings. The Morgan fingerprint density at radius 2 is 2.00 bits per heavy atom. The average molecular weight is 396 g/mol. The Labute approximate surface area is 170 Å². The summed E-state index contributed by atoms with van der Waals surface area (Å²) in [5, 5.41) is 7.47. The van der Waals surface area contributed by atoms with Gasteiger partial charge in [0.05, 0.1) is 23.6 Å². The molecule has 3 aliphatic rings. The largest absolute Gasteiger partial charge is 0.368 e. The van der Waals surface area contributed by atoms with Crippen LogP contribution in [0.4, 0.5) is 5.95 Å². The van der Waals surface area contributed by atoms with Crippen molar-refractivity contribution in [1.29, 1.82) is 0 Å². The number of nitrogens with zero attached hydrogens (tertiary/aromatic N) is 5. The summed E-state index contributed by atoms with van der Waals surface area (Å²) >= 11 is 0. The van der Waals surface area contributed by atoms with Gasteiger partial charge in [-0.3, -0.25) is 9.89 Å². The van der Waals surface area contributed by atoms with E-state index in [1.54, 1.807) is 0 Å². The molecule has 3 aliphatic heterocycles. The lowest BCUT2D eigenvalue weighted by Crippen LogP contribution is -2.41. The molecular weight excluding hydrogens is 368 g/mol. The minimum absolute atomic E-state index is 0.00396. The lowest BCUT2D eigenvalue weighted by molar-refractivity contribution is -0.147. The Hall–Kier alpha value is -2.48. The van der Waals surface area contributed by atoms with Gasteiger partial charge in [0.2, 0.25) is 5.95 Å². The van der Waals surface area contributed by atoms with E-state index in [0.29, 0.717) is 6.61 Å². The van der Waals surface area contributed by atoms with E-state index >= 15 is 0 Å². The number of ether oxygens (including phenoxy) is 1. The predicted octanol–water partition coefficient (Wildman–Crippen LogP) is 2.70. The van der Waals surface area contributed by atoms with Crippen LogP contribution in [0, 0.1) is 0 Å². The molecule has 8 heteroatoms. The number of hydrogen-bond acceptors (Lipinski definition) is 6. The minimum Gasteiger partial charge on any atom is -0.368 e. The maximum atomic E-state index is 13.1. The molecule has 0 bridgehead atoms. The molecule has 0 spiro atoms. The van der Waals surface area contributed by atoms with Crippen molar-refractivity contribution >= 4 is 11.9 Å². The zero-order valence-corrected chi connectivity index (χ0v) is 16.7. The van der Waals surface area contributed by atoms with Crippen molar-refractivity contribution in [3.63, 3.8) is 0 Å². The van der Waals surface area contributed by atoms with Gasteiger partial charge < -0.3 is 14.5 Å². The second-order valence-corrected chi connectivity index (χ2v) is 8.18. The number of likely N-dealkylation sites (tertiary alicyclic amines) is 1. The summed E-state index contributed by atoms with van der Waals surface area (Å²) in [5.74, 6) is 0.898. The molecule has 8 nitrogen and oxygen atoms in total. The first-order valence-corrected chi connectivity index (χ1v) is 10.8. The van der Waals surface area contributed by atoms with Crippen molar-refractivity contribution in [2.24, 2.45) is 0 Å². The zero-order valence-electron chi connectivity index (χ0n) is 16.7. The Kier molecular flexibility index (Phi) is 5.18. The first-order chi connectivity index (χ1) is 14.3. The van der Waals surface area contributed by atoms with Crippen LogP contribution in [0.25, 0.3) is 11.3 Å². The lowest BCUT2D eigenvalue weighted by Gasteiger charge is -2.30. The van der Waals surface area contributed by atoms with E-state index in [2.05, 4.69) is 20.1 Å². The molecule has 29 heavy (non-hydrogen) atoms. The van der Waals surface area contributed by atoms with Crippen LogP contribution >= 0.6 is 0 Å². The summed E-state index contributed by atoms with van der Waals surface area (Å²) in [7, 11) is 0. The standard InChI is InChI=1S/C21H28N6O2/c28-20(18-7-1-4-13-29-18)27-12-5-6-17(27)19-15(14-23-25-19)16-8-9-22-21(24-16)26-10-2-3-11-26/h8-9,14,17-18H,1-7,10-13H2,(H,23,25)/t17-,18-/m0/s1. The molecule has 0 unspecified atom stereocenters. The molecule has 2 atom stereocenters. The maximum absolute atomic E-state index is 13.1. The molecule has 1 N–H and O–H groups in total. The molecule has 5 rings (SSSR count). The third-order valence-electron chi connectivity index (χ3n) is 6.30. The number of rotatable bonds is 4. The van der Waals surface area contributed by atoms with Crippen LogP contribution in [-0.4, -0.2) is 63.3 Å². The first kappa shape index (κ1) is 18.5. The molecule has 0 aliphatic carbocycles. The van der Waals surface area contributed by atoms with Crippen LogP contribution in [0.2, 0.25) is 0 Å². The van der Waals surface area contributed by atoms with Gasteiger partial charge in [-0.1, -0.05) is 0 Å². The molecule has 3 saturated heterocycles. The second-order valence-electron chi connectivity index (χ2n) is 8.18. The number of amides is 1. The Morgan fingerprint density at radius 1 is 1.10 bits per heavy atom. The molecule has 1 amide bonds. The fourth-order valence-corrected chi connectivity index (χ4v) is 4.77. The second kappa shape index (κ2) is 8.10. The number of aromatic amines is 1. The van der Waals surface area contributed by atoms with Crippen molar-refractivity contribution in [1.82, 2.24) is 25.1 Å². The van der Waals surface area contributed by atoms with Crippen molar-refractivity contribution in [3.8, 4) is 11.3 Å². The van der Waals surface area contributed by atoms with Crippen LogP contribution in [0.15, 0.2) is 18.5 Å². The number of carbonyl (C=O) groups is 1. The number of carbonyl (C=O) groups excluding carboxylic acids is 1. The molecule has 0 saturated carbocycles. The molecule has 154 valence electrons. The molecule has 5 heterocycles. The Bertz CT molecular complexity index is 856. The number of nitrogens with one attached hydrogen (secondary N) is 1. The van der Waals surface area contributed by atoms with Crippen molar-refractivity contribution < 1.29 is 9.53 Å². The Morgan fingerprint density at radius 3 is 2.83 bits per heavy atom. The van der Waals surface area contributed by atoms with Crippen LogP contribution in [-0.2, 0) is 9.53 Å². The van der Waals surface area contributed by atoms with Crippen LogP contribution in [0.3, 0.4) is 0 Å². The van der Waals surface area contributed by atoms with Gasteiger partial charge in [-0.25, -0.2) is 9.97 Å². The highest BCUT2D eigenvalue weighted by Crippen LogP contribution is 2.37. The average Bonchev–Trinajstić information content (AvgIpc) is 3.55.